The maximum atomic E-state index is 9.46. The molecular formula is C18H16ClN5. The van der Waals surface area contributed by atoms with E-state index in [1.165, 1.54) is 5.69 Å². The van der Waals surface area contributed by atoms with Crippen molar-refractivity contribution in [1.82, 2.24) is 9.38 Å². The standard InChI is InChI=1S/C18H16ClN5/c19-13-4-6-15(7-5-13)23-10-8-14(12-23)21-18-16(11-20)24-9-2-1-3-17(24)22-18/h1-7,9,14,21H,8,10,12H2. The number of aromatic nitrogens is 2. The van der Waals surface area contributed by atoms with Gasteiger partial charge in [-0.05, 0) is 42.8 Å². The van der Waals surface area contributed by atoms with Gasteiger partial charge < -0.3 is 10.2 Å². The third kappa shape index (κ3) is 2.66. The summed E-state index contributed by atoms with van der Waals surface area (Å²) in [6, 6.07) is 16.1. The van der Waals surface area contributed by atoms with Crippen LogP contribution in [-0.2, 0) is 0 Å². The zero-order valence-corrected chi connectivity index (χ0v) is 13.7. The Morgan fingerprint density at radius 2 is 2.04 bits per heavy atom. The van der Waals surface area contributed by atoms with E-state index in [9.17, 15) is 5.26 Å². The fourth-order valence-electron chi connectivity index (χ4n) is 3.16. The van der Waals surface area contributed by atoms with Gasteiger partial charge >= 0.3 is 0 Å². The van der Waals surface area contributed by atoms with E-state index in [0.29, 0.717) is 11.5 Å². The van der Waals surface area contributed by atoms with Crippen molar-refractivity contribution in [1.29, 1.82) is 5.26 Å². The van der Waals surface area contributed by atoms with Crippen LogP contribution in [-0.4, -0.2) is 28.5 Å². The topological polar surface area (TPSA) is 56.4 Å². The highest BCUT2D eigenvalue weighted by atomic mass is 35.5. The normalized spacial score (nSPS) is 17.2. The molecule has 1 fully saturated rings. The van der Waals surface area contributed by atoms with Gasteiger partial charge in [0.05, 0.1) is 0 Å². The number of nitriles is 1. The number of nitrogens with one attached hydrogen (secondary N) is 1. The van der Waals surface area contributed by atoms with Crippen LogP contribution < -0.4 is 10.2 Å². The number of nitrogens with zero attached hydrogens (tertiary/aromatic N) is 4. The molecule has 1 saturated heterocycles. The zero-order chi connectivity index (χ0) is 16.5. The molecule has 1 aliphatic rings. The Kier molecular flexibility index (Phi) is 3.75. The molecule has 3 heterocycles. The first-order valence-electron chi connectivity index (χ1n) is 7.89. The number of hydrogen-bond donors (Lipinski definition) is 1. The second kappa shape index (κ2) is 6.06. The lowest BCUT2D eigenvalue weighted by atomic mass is 10.2. The van der Waals surface area contributed by atoms with Gasteiger partial charge in [-0.2, -0.15) is 5.26 Å². The Morgan fingerprint density at radius 1 is 1.21 bits per heavy atom. The SMILES string of the molecule is N#Cc1c(NC2CCN(c3ccc(Cl)cc3)C2)nc2ccccn12. The number of imidazole rings is 1. The van der Waals surface area contributed by atoms with Gasteiger partial charge in [-0.25, -0.2) is 4.98 Å². The average Bonchev–Trinajstić information content (AvgIpc) is 3.20. The number of halogens is 1. The minimum atomic E-state index is 0.262. The molecule has 120 valence electrons. The fourth-order valence-corrected chi connectivity index (χ4v) is 3.29. The van der Waals surface area contributed by atoms with Gasteiger partial charge in [0.2, 0.25) is 0 Å². The molecule has 5 nitrogen and oxygen atoms in total. The second-order valence-corrected chi connectivity index (χ2v) is 6.34. The molecule has 0 aliphatic carbocycles. The Morgan fingerprint density at radius 3 is 2.83 bits per heavy atom. The van der Waals surface area contributed by atoms with Crippen LogP contribution in [0.4, 0.5) is 11.5 Å². The Hall–Kier alpha value is -2.71. The molecular weight excluding hydrogens is 322 g/mol. The van der Waals surface area contributed by atoms with Crippen molar-refractivity contribution in [2.45, 2.75) is 12.5 Å². The van der Waals surface area contributed by atoms with Crippen molar-refractivity contribution in [3.63, 3.8) is 0 Å². The van der Waals surface area contributed by atoms with Crippen LogP contribution in [0, 0.1) is 11.3 Å². The number of benzene rings is 1. The highest BCUT2D eigenvalue weighted by molar-refractivity contribution is 6.30. The minimum absolute atomic E-state index is 0.262. The predicted molar refractivity (Wildman–Crippen MR) is 95.6 cm³/mol. The van der Waals surface area contributed by atoms with Crippen LogP contribution in [0.25, 0.3) is 5.65 Å². The summed E-state index contributed by atoms with van der Waals surface area (Å²) in [4.78, 5) is 6.87. The average molecular weight is 338 g/mol. The van der Waals surface area contributed by atoms with E-state index >= 15 is 0 Å². The van der Waals surface area contributed by atoms with Crippen LogP contribution in [0.5, 0.6) is 0 Å². The van der Waals surface area contributed by atoms with Gasteiger partial charge in [-0.15, -0.1) is 0 Å². The fraction of sp³-hybridized carbons (Fsp3) is 0.222. The number of fused-ring (bicyclic) bond motifs is 1. The molecule has 2 aromatic heterocycles. The first-order chi connectivity index (χ1) is 11.7. The van der Waals surface area contributed by atoms with Crippen molar-refractivity contribution >= 4 is 28.8 Å². The minimum Gasteiger partial charge on any atom is -0.369 e. The monoisotopic (exact) mass is 337 g/mol. The lowest BCUT2D eigenvalue weighted by molar-refractivity contribution is 0.801. The number of anilines is 2. The van der Waals surface area contributed by atoms with Crippen molar-refractivity contribution < 1.29 is 0 Å². The summed E-state index contributed by atoms with van der Waals surface area (Å²) in [6.07, 6.45) is 2.86. The molecule has 1 aliphatic heterocycles. The summed E-state index contributed by atoms with van der Waals surface area (Å²) >= 11 is 5.95. The number of rotatable bonds is 3. The lowest BCUT2D eigenvalue weighted by Crippen LogP contribution is -2.26. The van der Waals surface area contributed by atoms with E-state index in [2.05, 4.69) is 21.3 Å². The van der Waals surface area contributed by atoms with Gasteiger partial charge in [-0.1, -0.05) is 17.7 Å². The van der Waals surface area contributed by atoms with Crippen LogP contribution in [0.2, 0.25) is 5.02 Å². The van der Waals surface area contributed by atoms with E-state index in [1.807, 2.05) is 53.1 Å². The van der Waals surface area contributed by atoms with Gasteiger partial charge in [-0.3, -0.25) is 4.40 Å². The zero-order valence-electron chi connectivity index (χ0n) is 13.0. The quantitative estimate of drug-likeness (QED) is 0.794. The summed E-state index contributed by atoms with van der Waals surface area (Å²) in [7, 11) is 0. The molecule has 4 rings (SSSR count). The molecule has 1 N–H and O–H groups in total. The smallest absolute Gasteiger partial charge is 0.168 e. The second-order valence-electron chi connectivity index (χ2n) is 5.90. The molecule has 3 aromatic rings. The van der Waals surface area contributed by atoms with Crippen LogP contribution in [0.15, 0.2) is 48.7 Å². The predicted octanol–water partition coefficient (Wildman–Crippen LogP) is 3.55. The molecule has 0 saturated carbocycles. The first kappa shape index (κ1) is 14.9. The Balaban J connectivity index is 1.53. The summed E-state index contributed by atoms with van der Waals surface area (Å²) in [6.45, 7) is 1.84. The summed E-state index contributed by atoms with van der Waals surface area (Å²) in [5.41, 5.74) is 2.50. The third-order valence-electron chi connectivity index (χ3n) is 4.36. The maximum Gasteiger partial charge on any atom is 0.168 e. The maximum absolute atomic E-state index is 9.46. The molecule has 1 atom stereocenters. The summed E-state index contributed by atoms with van der Waals surface area (Å²) < 4.78 is 1.81. The Bertz CT molecular complexity index is 909. The van der Waals surface area contributed by atoms with Crippen LogP contribution >= 0.6 is 11.6 Å². The molecule has 0 bridgehead atoms. The first-order valence-corrected chi connectivity index (χ1v) is 8.26. The van der Waals surface area contributed by atoms with E-state index in [-0.39, 0.29) is 6.04 Å². The number of hydrogen-bond acceptors (Lipinski definition) is 4. The lowest BCUT2D eigenvalue weighted by Gasteiger charge is -2.19. The summed E-state index contributed by atoms with van der Waals surface area (Å²) in [5, 5.41) is 13.6. The number of pyridine rings is 1. The van der Waals surface area contributed by atoms with Gasteiger partial charge in [0.25, 0.3) is 0 Å². The van der Waals surface area contributed by atoms with Gasteiger partial charge in [0, 0.05) is 36.0 Å². The van der Waals surface area contributed by atoms with Crippen molar-refractivity contribution in [3.8, 4) is 6.07 Å². The van der Waals surface area contributed by atoms with Crippen LogP contribution in [0.1, 0.15) is 12.1 Å². The van der Waals surface area contributed by atoms with E-state index in [0.717, 1.165) is 30.2 Å². The highest BCUT2D eigenvalue weighted by Crippen LogP contribution is 2.25. The molecule has 1 aromatic carbocycles. The van der Waals surface area contributed by atoms with E-state index < -0.39 is 0 Å². The largest absolute Gasteiger partial charge is 0.369 e. The molecule has 6 heteroatoms. The van der Waals surface area contributed by atoms with Crippen molar-refractivity contribution in [2.24, 2.45) is 0 Å². The van der Waals surface area contributed by atoms with E-state index in [1.54, 1.807) is 0 Å². The van der Waals surface area contributed by atoms with Gasteiger partial charge in [0.1, 0.15) is 11.7 Å². The molecule has 24 heavy (non-hydrogen) atoms. The molecule has 0 amide bonds. The third-order valence-corrected chi connectivity index (χ3v) is 4.61. The molecule has 1 unspecified atom stereocenters. The van der Waals surface area contributed by atoms with Gasteiger partial charge in [0.15, 0.2) is 11.5 Å². The Labute approximate surface area is 145 Å². The molecule has 0 radical (unpaired) electrons. The summed E-state index contributed by atoms with van der Waals surface area (Å²) in [5.74, 6) is 0.659. The van der Waals surface area contributed by atoms with Crippen molar-refractivity contribution in [2.75, 3.05) is 23.3 Å². The molecule has 0 spiro atoms. The van der Waals surface area contributed by atoms with E-state index in [4.69, 9.17) is 11.6 Å². The highest BCUT2D eigenvalue weighted by Gasteiger charge is 2.24. The van der Waals surface area contributed by atoms with Crippen molar-refractivity contribution in [3.05, 3.63) is 59.4 Å². The van der Waals surface area contributed by atoms with Crippen LogP contribution in [0.3, 0.4) is 0 Å².